The van der Waals surface area contributed by atoms with Crippen molar-refractivity contribution < 1.29 is 14.8 Å². The number of anilines is 1. The fourth-order valence-electron chi connectivity index (χ4n) is 1.79. The Labute approximate surface area is 109 Å². The van der Waals surface area contributed by atoms with E-state index in [9.17, 15) is 15.2 Å². The molecule has 0 spiro atoms. The molecule has 0 bridgehead atoms. The highest BCUT2D eigenvalue weighted by Gasteiger charge is 2.17. The Kier molecular flexibility index (Phi) is 3.24. The molecule has 6 heteroatoms. The number of nitrogens with two attached hydrogens (primary N) is 1. The van der Waals surface area contributed by atoms with Crippen molar-refractivity contribution in [3.05, 3.63) is 46.5 Å². The van der Waals surface area contributed by atoms with Gasteiger partial charge in [-0.05, 0) is 23.8 Å². The number of nitrogen functional groups attached to an aromatic ring is 1. The summed E-state index contributed by atoms with van der Waals surface area (Å²) >= 11 is 0. The van der Waals surface area contributed by atoms with E-state index in [0.717, 1.165) is 0 Å². The molecule has 98 valence electrons. The van der Waals surface area contributed by atoms with Crippen LogP contribution in [0.15, 0.2) is 36.4 Å². The molecule has 0 fully saturated rings. The van der Waals surface area contributed by atoms with Crippen LogP contribution in [0.5, 0.6) is 11.5 Å². The van der Waals surface area contributed by atoms with Gasteiger partial charge in [-0.25, -0.2) is 0 Å². The summed E-state index contributed by atoms with van der Waals surface area (Å²) in [6.45, 7) is 0. The van der Waals surface area contributed by atoms with Gasteiger partial charge in [-0.3, -0.25) is 10.1 Å². The second kappa shape index (κ2) is 4.85. The Hall–Kier alpha value is -2.76. The lowest BCUT2D eigenvalue weighted by Gasteiger charge is -2.07. The second-order valence-electron chi connectivity index (χ2n) is 3.92. The van der Waals surface area contributed by atoms with Crippen molar-refractivity contribution in [2.45, 2.75) is 0 Å². The normalized spacial score (nSPS) is 10.2. The first-order valence-electron chi connectivity index (χ1n) is 5.44. The minimum atomic E-state index is -0.531. The smallest absolute Gasteiger partial charge is 0.311 e. The highest BCUT2D eigenvalue weighted by atomic mass is 16.6. The van der Waals surface area contributed by atoms with E-state index >= 15 is 0 Å². The Bertz CT molecular complexity index is 641. The zero-order valence-corrected chi connectivity index (χ0v) is 10.2. The van der Waals surface area contributed by atoms with Crippen molar-refractivity contribution >= 4 is 11.4 Å². The minimum absolute atomic E-state index is 0.0283. The van der Waals surface area contributed by atoms with Crippen LogP contribution in [-0.4, -0.2) is 17.1 Å². The van der Waals surface area contributed by atoms with Gasteiger partial charge < -0.3 is 15.6 Å². The fraction of sp³-hybridized carbons (Fsp3) is 0.0769. The fourth-order valence-corrected chi connectivity index (χ4v) is 1.79. The van der Waals surface area contributed by atoms with Crippen molar-refractivity contribution in [1.29, 1.82) is 0 Å². The van der Waals surface area contributed by atoms with E-state index in [4.69, 9.17) is 10.5 Å². The topological polar surface area (TPSA) is 98.6 Å². The van der Waals surface area contributed by atoms with Gasteiger partial charge >= 0.3 is 5.69 Å². The highest BCUT2D eigenvalue weighted by molar-refractivity contribution is 5.75. The standard InChI is InChI=1S/C13H12N2O4/c1-19-13-5-2-8(6-11(13)15(17)18)10-4-3-9(14)7-12(10)16/h2-7,16H,14H2,1H3. The molecule has 0 unspecified atom stereocenters. The molecule has 0 saturated carbocycles. The molecule has 2 rings (SSSR count). The van der Waals surface area contributed by atoms with Crippen molar-refractivity contribution in [3.8, 4) is 22.6 Å². The molecular formula is C13H12N2O4. The van der Waals surface area contributed by atoms with Crippen LogP contribution in [-0.2, 0) is 0 Å². The second-order valence-corrected chi connectivity index (χ2v) is 3.92. The van der Waals surface area contributed by atoms with Crippen LogP contribution >= 0.6 is 0 Å². The van der Waals surface area contributed by atoms with E-state index in [-0.39, 0.29) is 17.2 Å². The molecule has 6 nitrogen and oxygen atoms in total. The minimum Gasteiger partial charge on any atom is -0.507 e. The molecule has 0 aromatic heterocycles. The lowest BCUT2D eigenvalue weighted by atomic mass is 10.0. The molecule has 0 amide bonds. The first-order chi connectivity index (χ1) is 9.02. The maximum absolute atomic E-state index is 10.9. The number of phenols is 1. The Morgan fingerprint density at radius 3 is 2.58 bits per heavy atom. The van der Waals surface area contributed by atoms with Gasteiger partial charge in [0.1, 0.15) is 5.75 Å². The molecule has 0 atom stereocenters. The Morgan fingerprint density at radius 1 is 1.26 bits per heavy atom. The van der Waals surface area contributed by atoms with Gasteiger partial charge in [0.05, 0.1) is 12.0 Å². The van der Waals surface area contributed by atoms with Gasteiger partial charge in [0.25, 0.3) is 0 Å². The van der Waals surface area contributed by atoms with E-state index in [1.165, 1.54) is 25.3 Å². The van der Waals surface area contributed by atoms with Gasteiger partial charge in [0.2, 0.25) is 0 Å². The number of nitrogens with zero attached hydrogens (tertiary/aromatic N) is 1. The summed E-state index contributed by atoms with van der Waals surface area (Å²) in [7, 11) is 1.36. The molecule has 0 aliphatic heterocycles. The predicted octanol–water partition coefficient (Wildman–Crippen LogP) is 2.56. The number of benzene rings is 2. The number of hydrogen-bond donors (Lipinski definition) is 2. The van der Waals surface area contributed by atoms with Crippen LogP contribution in [0.2, 0.25) is 0 Å². The molecule has 2 aromatic rings. The lowest BCUT2D eigenvalue weighted by Crippen LogP contribution is -1.94. The summed E-state index contributed by atoms with van der Waals surface area (Å²) in [5.74, 6) is 0.142. The van der Waals surface area contributed by atoms with E-state index < -0.39 is 4.92 Å². The van der Waals surface area contributed by atoms with Crippen molar-refractivity contribution in [2.75, 3.05) is 12.8 Å². The quantitative estimate of drug-likeness (QED) is 0.502. The maximum Gasteiger partial charge on any atom is 0.311 e. The number of hydrogen-bond acceptors (Lipinski definition) is 5. The molecule has 2 aromatic carbocycles. The van der Waals surface area contributed by atoms with Crippen molar-refractivity contribution in [3.63, 3.8) is 0 Å². The molecule has 0 aliphatic rings. The van der Waals surface area contributed by atoms with E-state index in [2.05, 4.69) is 0 Å². The zero-order valence-electron chi connectivity index (χ0n) is 10.2. The van der Waals surface area contributed by atoms with E-state index in [0.29, 0.717) is 16.8 Å². The van der Waals surface area contributed by atoms with E-state index in [1.54, 1.807) is 18.2 Å². The van der Waals surface area contributed by atoms with Crippen molar-refractivity contribution in [2.24, 2.45) is 0 Å². The maximum atomic E-state index is 10.9. The van der Waals surface area contributed by atoms with Crippen LogP contribution in [0.4, 0.5) is 11.4 Å². The number of ether oxygens (including phenoxy) is 1. The number of rotatable bonds is 3. The lowest BCUT2D eigenvalue weighted by molar-refractivity contribution is -0.385. The third-order valence-corrected chi connectivity index (χ3v) is 2.71. The summed E-state index contributed by atoms with van der Waals surface area (Å²) in [5.41, 5.74) is 6.80. The number of nitro groups is 1. The third-order valence-electron chi connectivity index (χ3n) is 2.71. The SMILES string of the molecule is COc1ccc(-c2ccc(N)cc2O)cc1[N+](=O)[O-]. The zero-order chi connectivity index (χ0) is 14.0. The first kappa shape index (κ1) is 12.7. The molecule has 3 N–H and O–H groups in total. The Balaban J connectivity index is 2.57. The van der Waals surface area contributed by atoms with Crippen LogP contribution < -0.4 is 10.5 Å². The summed E-state index contributed by atoms with van der Waals surface area (Å²) in [4.78, 5) is 10.4. The summed E-state index contributed by atoms with van der Waals surface area (Å²) in [5, 5.41) is 20.8. The number of nitro benzene ring substituents is 1. The molecule has 0 aliphatic carbocycles. The average Bonchev–Trinajstić information content (AvgIpc) is 2.38. The van der Waals surface area contributed by atoms with E-state index in [1.807, 2.05) is 0 Å². The average molecular weight is 260 g/mol. The monoisotopic (exact) mass is 260 g/mol. The van der Waals surface area contributed by atoms with Crippen molar-refractivity contribution in [1.82, 2.24) is 0 Å². The van der Waals surface area contributed by atoms with Gasteiger partial charge in [-0.2, -0.15) is 0 Å². The highest BCUT2D eigenvalue weighted by Crippen LogP contribution is 2.36. The molecule has 0 heterocycles. The summed E-state index contributed by atoms with van der Waals surface area (Å²) in [6, 6.07) is 9.09. The Morgan fingerprint density at radius 2 is 2.00 bits per heavy atom. The number of methoxy groups -OCH3 is 1. The summed E-state index contributed by atoms with van der Waals surface area (Å²) < 4.78 is 4.92. The van der Waals surface area contributed by atoms with Gasteiger partial charge in [0, 0.05) is 23.4 Å². The molecule has 0 radical (unpaired) electrons. The number of aromatic hydroxyl groups is 1. The molecule has 0 saturated heterocycles. The van der Waals surface area contributed by atoms with Gasteiger partial charge in [-0.15, -0.1) is 0 Å². The van der Waals surface area contributed by atoms with Gasteiger partial charge in [0.15, 0.2) is 5.75 Å². The first-order valence-corrected chi connectivity index (χ1v) is 5.44. The number of phenolic OH excluding ortho intramolecular Hbond substituents is 1. The van der Waals surface area contributed by atoms with Crippen LogP contribution in [0, 0.1) is 10.1 Å². The molecule has 19 heavy (non-hydrogen) atoms. The van der Waals surface area contributed by atoms with Crippen LogP contribution in [0.3, 0.4) is 0 Å². The summed E-state index contributed by atoms with van der Waals surface area (Å²) in [6.07, 6.45) is 0. The van der Waals surface area contributed by atoms with Gasteiger partial charge in [-0.1, -0.05) is 6.07 Å². The largest absolute Gasteiger partial charge is 0.507 e. The molecular weight excluding hydrogens is 248 g/mol. The predicted molar refractivity (Wildman–Crippen MR) is 71.2 cm³/mol. The van der Waals surface area contributed by atoms with Crippen LogP contribution in [0.25, 0.3) is 11.1 Å². The van der Waals surface area contributed by atoms with Crippen LogP contribution in [0.1, 0.15) is 0 Å². The third kappa shape index (κ3) is 2.42.